The van der Waals surface area contributed by atoms with E-state index in [0.29, 0.717) is 18.8 Å². The standard InChI is InChI=1S/C14H24F3NO7S3/c1-10-5-11-7-12(6-10)9-13(2,8-11)27(22,23)18(3-4-26(19,20)21)28(24,25)14(15,16)17/h10-12H,3-9H2,1-2H3,(H,19,20,21). The summed E-state index contributed by atoms with van der Waals surface area (Å²) < 4.78 is 118. The van der Waals surface area contributed by atoms with Crippen molar-refractivity contribution in [1.29, 1.82) is 0 Å². The van der Waals surface area contributed by atoms with Crippen LogP contribution in [0.15, 0.2) is 0 Å². The van der Waals surface area contributed by atoms with Gasteiger partial charge in [-0.1, -0.05) is 10.6 Å². The van der Waals surface area contributed by atoms with Gasteiger partial charge >= 0.3 is 15.5 Å². The lowest BCUT2D eigenvalue weighted by molar-refractivity contribution is -0.0469. The molecule has 0 aromatic rings. The molecule has 0 spiro atoms. The summed E-state index contributed by atoms with van der Waals surface area (Å²) in [6.07, 6.45) is 2.10. The van der Waals surface area contributed by atoms with Crippen LogP contribution in [-0.2, 0) is 30.2 Å². The first kappa shape index (κ1) is 23.8. The van der Waals surface area contributed by atoms with Gasteiger partial charge in [0.25, 0.3) is 10.1 Å². The molecule has 28 heavy (non-hydrogen) atoms. The molecule has 2 atom stereocenters. The van der Waals surface area contributed by atoms with Crippen molar-refractivity contribution in [3.05, 3.63) is 0 Å². The Balaban J connectivity index is 2.48. The minimum absolute atomic E-state index is 0.00801. The second kappa shape index (κ2) is 7.36. The van der Waals surface area contributed by atoms with Gasteiger partial charge in [0.1, 0.15) is 0 Å². The van der Waals surface area contributed by atoms with Crippen LogP contribution in [0.5, 0.6) is 0 Å². The Morgan fingerprint density at radius 3 is 1.86 bits per heavy atom. The number of nitrogens with zero attached hydrogens (tertiary/aromatic N) is 1. The van der Waals surface area contributed by atoms with Gasteiger partial charge in [-0.15, -0.1) is 0 Å². The first-order chi connectivity index (χ1) is 12.4. The maximum absolute atomic E-state index is 13.1. The Hall–Kier alpha value is -0.440. The molecule has 2 saturated carbocycles. The van der Waals surface area contributed by atoms with Gasteiger partial charge in [0.15, 0.2) is 0 Å². The molecule has 0 radical (unpaired) electrons. The van der Waals surface area contributed by atoms with Crippen molar-refractivity contribution in [3.63, 3.8) is 0 Å². The first-order valence-electron chi connectivity index (χ1n) is 8.68. The Kier molecular flexibility index (Phi) is 6.26. The van der Waals surface area contributed by atoms with Crippen LogP contribution in [0.2, 0.25) is 0 Å². The van der Waals surface area contributed by atoms with Crippen LogP contribution >= 0.6 is 0 Å². The van der Waals surface area contributed by atoms with Crippen molar-refractivity contribution >= 4 is 30.2 Å². The van der Waals surface area contributed by atoms with Crippen molar-refractivity contribution in [1.82, 2.24) is 3.71 Å². The fraction of sp³-hybridized carbons (Fsp3) is 1.00. The molecule has 2 rings (SSSR count). The molecule has 0 amide bonds. The minimum atomic E-state index is -6.37. The van der Waals surface area contributed by atoms with Gasteiger partial charge in [-0.2, -0.15) is 21.6 Å². The Bertz CT molecular complexity index is 894. The van der Waals surface area contributed by atoms with Crippen LogP contribution in [0.1, 0.15) is 46.0 Å². The van der Waals surface area contributed by atoms with Gasteiger partial charge in [0.05, 0.1) is 10.5 Å². The fourth-order valence-corrected chi connectivity index (χ4v) is 9.42. The zero-order valence-electron chi connectivity index (χ0n) is 15.4. The van der Waals surface area contributed by atoms with Gasteiger partial charge in [0, 0.05) is 6.54 Å². The number of hydrogen-bond donors (Lipinski definition) is 1. The molecule has 2 aliphatic carbocycles. The zero-order valence-corrected chi connectivity index (χ0v) is 17.8. The van der Waals surface area contributed by atoms with Crippen LogP contribution in [0.25, 0.3) is 0 Å². The lowest BCUT2D eigenvalue weighted by Crippen LogP contribution is -2.56. The third-order valence-corrected chi connectivity index (χ3v) is 11.0. The topological polar surface area (TPSA) is 126 Å². The number of hydrogen-bond acceptors (Lipinski definition) is 6. The summed E-state index contributed by atoms with van der Waals surface area (Å²) >= 11 is 0. The zero-order chi connectivity index (χ0) is 21.8. The molecule has 0 aromatic heterocycles. The van der Waals surface area contributed by atoms with Gasteiger partial charge < -0.3 is 0 Å². The summed E-state index contributed by atoms with van der Waals surface area (Å²) in [7, 11) is -16.4. The predicted octanol–water partition coefficient (Wildman–Crippen LogP) is 1.96. The fourth-order valence-electron chi connectivity index (χ4n) is 4.67. The van der Waals surface area contributed by atoms with Gasteiger partial charge in [-0.25, -0.2) is 16.8 Å². The quantitative estimate of drug-likeness (QED) is 0.587. The SMILES string of the molecule is CC1CC2CC(C1)CC(C)(S(=O)(=O)N(CCS(=O)(=O)O)S(=O)(=O)C(F)(F)F)C2. The van der Waals surface area contributed by atoms with Crippen LogP contribution in [-0.4, -0.2) is 56.1 Å². The molecule has 2 unspecified atom stereocenters. The minimum Gasteiger partial charge on any atom is -0.286 e. The number of fused-ring (bicyclic) bond motifs is 2. The molecule has 14 heteroatoms. The molecule has 2 aliphatic rings. The van der Waals surface area contributed by atoms with E-state index < -0.39 is 56.4 Å². The van der Waals surface area contributed by atoms with E-state index in [1.165, 1.54) is 6.92 Å². The highest BCUT2D eigenvalue weighted by Crippen LogP contribution is 2.50. The lowest BCUT2D eigenvalue weighted by atomic mass is 9.65. The average molecular weight is 472 g/mol. The highest BCUT2D eigenvalue weighted by molar-refractivity contribution is 8.05. The second-order valence-corrected chi connectivity index (χ2v) is 14.2. The highest BCUT2D eigenvalue weighted by Gasteiger charge is 2.59. The maximum Gasteiger partial charge on any atom is 0.512 e. The average Bonchev–Trinajstić information content (AvgIpc) is 2.42. The van der Waals surface area contributed by atoms with Crippen molar-refractivity contribution in [2.75, 3.05) is 12.3 Å². The van der Waals surface area contributed by atoms with Crippen molar-refractivity contribution in [2.45, 2.75) is 56.2 Å². The molecule has 166 valence electrons. The molecule has 8 nitrogen and oxygen atoms in total. The van der Waals surface area contributed by atoms with Crippen LogP contribution in [0.3, 0.4) is 0 Å². The van der Waals surface area contributed by atoms with Crippen LogP contribution in [0, 0.1) is 17.8 Å². The summed E-state index contributed by atoms with van der Waals surface area (Å²) in [5, 5.41) is 0. The third kappa shape index (κ3) is 4.65. The van der Waals surface area contributed by atoms with E-state index in [1.54, 1.807) is 0 Å². The first-order valence-corrected chi connectivity index (χ1v) is 13.2. The molecule has 0 heterocycles. The summed E-state index contributed by atoms with van der Waals surface area (Å²) in [5.41, 5.74) is -5.94. The molecule has 0 aliphatic heterocycles. The van der Waals surface area contributed by atoms with E-state index >= 15 is 0 Å². The summed E-state index contributed by atoms with van der Waals surface area (Å²) in [6.45, 7) is 1.68. The maximum atomic E-state index is 13.1. The molecule has 0 aromatic carbocycles. The predicted molar refractivity (Wildman–Crippen MR) is 94.7 cm³/mol. The van der Waals surface area contributed by atoms with Crippen molar-refractivity contribution < 1.29 is 43.0 Å². The van der Waals surface area contributed by atoms with Crippen molar-refractivity contribution in [3.8, 4) is 0 Å². The van der Waals surface area contributed by atoms with Crippen LogP contribution in [0.4, 0.5) is 13.2 Å². The van der Waals surface area contributed by atoms with Gasteiger partial charge in [-0.05, 0) is 56.8 Å². The normalized spacial score (nSPS) is 32.5. The number of rotatable bonds is 6. The number of halogens is 3. The van der Waals surface area contributed by atoms with Crippen LogP contribution < -0.4 is 0 Å². The van der Waals surface area contributed by atoms with Gasteiger partial charge in [-0.3, -0.25) is 4.55 Å². The summed E-state index contributed by atoms with van der Waals surface area (Å²) in [5.74, 6) is -1.27. The molecule has 2 bridgehead atoms. The molecular weight excluding hydrogens is 447 g/mol. The summed E-state index contributed by atoms with van der Waals surface area (Å²) in [4.78, 5) is 0. The number of alkyl halides is 3. The van der Waals surface area contributed by atoms with Crippen molar-refractivity contribution in [2.24, 2.45) is 17.8 Å². The monoisotopic (exact) mass is 471 g/mol. The molecule has 2 fully saturated rings. The summed E-state index contributed by atoms with van der Waals surface area (Å²) in [6, 6.07) is 0. The smallest absolute Gasteiger partial charge is 0.286 e. The molecule has 1 N–H and O–H groups in total. The van der Waals surface area contributed by atoms with E-state index in [9.17, 15) is 38.4 Å². The molecule has 0 saturated heterocycles. The lowest BCUT2D eigenvalue weighted by Gasteiger charge is -2.47. The van der Waals surface area contributed by atoms with E-state index in [0.717, 1.165) is 6.42 Å². The van der Waals surface area contributed by atoms with E-state index in [1.807, 2.05) is 6.92 Å². The number of sulfonamides is 2. The largest absolute Gasteiger partial charge is 0.512 e. The third-order valence-electron chi connectivity index (χ3n) is 5.56. The Morgan fingerprint density at radius 2 is 1.46 bits per heavy atom. The second-order valence-electron chi connectivity index (χ2n) is 8.14. The van der Waals surface area contributed by atoms with E-state index in [2.05, 4.69) is 0 Å². The Labute approximate surface area is 163 Å². The van der Waals surface area contributed by atoms with E-state index in [-0.39, 0.29) is 24.7 Å². The van der Waals surface area contributed by atoms with E-state index in [4.69, 9.17) is 4.55 Å². The highest BCUT2D eigenvalue weighted by atomic mass is 32.3. The molecular formula is C14H24F3NO7S3. The Morgan fingerprint density at radius 1 is 1.00 bits per heavy atom. The van der Waals surface area contributed by atoms with Gasteiger partial charge in [0.2, 0.25) is 10.0 Å².